The van der Waals surface area contributed by atoms with Crippen molar-refractivity contribution in [3.8, 4) is 22.6 Å². The van der Waals surface area contributed by atoms with E-state index in [4.69, 9.17) is 0 Å². The predicted molar refractivity (Wildman–Crippen MR) is 125 cm³/mol. The van der Waals surface area contributed by atoms with Crippen LogP contribution >= 0.6 is 0 Å². The molecule has 6 rings (SSSR count). The number of imidazole rings is 2. The first kappa shape index (κ1) is 23.0. The molecule has 0 atom stereocenters. The number of hydrogen-bond donors (Lipinski definition) is 0. The summed E-state index contributed by atoms with van der Waals surface area (Å²) in [5, 5.41) is 4.62. The van der Waals surface area contributed by atoms with E-state index in [2.05, 4.69) is 20.1 Å². The number of carbonyl (C=O) groups is 1. The third kappa shape index (κ3) is 4.37. The van der Waals surface area contributed by atoms with E-state index in [0.29, 0.717) is 34.0 Å². The summed E-state index contributed by atoms with van der Waals surface area (Å²) >= 11 is 0. The van der Waals surface area contributed by atoms with Crippen LogP contribution in [0.25, 0.3) is 28.3 Å². The largest absolute Gasteiger partial charge is 0.325 e. The smallest absolute Gasteiger partial charge is 0.252 e. The molecule has 1 saturated carbocycles. The van der Waals surface area contributed by atoms with Gasteiger partial charge in [-0.15, -0.1) is 0 Å². The lowest BCUT2D eigenvalue weighted by atomic mass is 9.87. The van der Waals surface area contributed by atoms with Crippen molar-refractivity contribution in [2.75, 3.05) is 0 Å². The van der Waals surface area contributed by atoms with Crippen LogP contribution in [-0.2, 0) is 6.42 Å². The normalized spacial score (nSPS) is 15.1. The Morgan fingerprint density at radius 3 is 2.54 bits per heavy atom. The van der Waals surface area contributed by atoms with Crippen molar-refractivity contribution in [3.05, 3.63) is 90.3 Å². The van der Waals surface area contributed by atoms with Gasteiger partial charge in [-0.05, 0) is 42.5 Å². The Bertz CT molecular complexity index is 1630. The molecule has 0 aliphatic heterocycles. The number of pyridine rings is 1. The molecule has 0 N–H and O–H groups in total. The number of halogens is 4. The molecule has 1 aliphatic rings. The standard InChI is InChI=1S/C26H18F4N6O/c27-17-3-1-15(2-4-17)24-25(35(14-32-24)19-11-26(29,30)12-19)20-5-6-23-33-18(13-36(23)34-20)10-21(37)16-7-8-31-22(28)9-16/h1-9,13-14,19H,10-12H2. The lowest BCUT2D eigenvalue weighted by molar-refractivity contribution is -0.103. The maximum absolute atomic E-state index is 13.7. The van der Waals surface area contributed by atoms with Gasteiger partial charge in [0.2, 0.25) is 5.95 Å². The average Bonchev–Trinajstić information content (AvgIpc) is 3.46. The molecule has 0 bridgehead atoms. The maximum atomic E-state index is 13.7. The topological polar surface area (TPSA) is 78.0 Å². The van der Waals surface area contributed by atoms with Gasteiger partial charge in [0, 0.05) is 42.3 Å². The van der Waals surface area contributed by atoms with Crippen LogP contribution in [0.4, 0.5) is 17.6 Å². The molecule has 0 amide bonds. The molecule has 7 nitrogen and oxygen atoms in total. The highest BCUT2D eigenvalue weighted by Gasteiger charge is 2.47. The molecule has 4 heterocycles. The lowest BCUT2D eigenvalue weighted by Crippen LogP contribution is -2.37. The van der Waals surface area contributed by atoms with Crippen LogP contribution in [0, 0.1) is 11.8 Å². The minimum Gasteiger partial charge on any atom is -0.325 e. The van der Waals surface area contributed by atoms with E-state index in [1.807, 2.05) is 0 Å². The summed E-state index contributed by atoms with van der Waals surface area (Å²) in [6.07, 6.45) is 3.62. The fourth-order valence-corrected chi connectivity index (χ4v) is 4.52. The quantitative estimate of drug-likeness (QED) is 0.177. The van der Waals surface area contributed by atoms with Gasteiger partial charge in [-0.3, -0.25) is 4.79 Å². The van der Waals surface area contributed by atoms with Gasteiger partial charge in [0.25, 0.3) is 5.92 Å². The molecule has 1 aromatic carbocycles. The average molecular weight is 506 g/mol. The zero-order valence-corrected chi connectivity index (χ0v) is 19.2. The highest BCUT2D eigenvalue weighted by atomic mass is 19.3. The highest BCUT2D eigenvalue weighted by molar-refractivity contribution is 5.97. The van der Waals surface area contributed by atoms with E-state index >= 15 is 0 Å². The minimum absolute atomic E-state index is 0.0714. The Morgan fingerprint density at radius 1 is 1.03 bits per heavy atom. The van der Waals surface area contributed by atoms with Crippen LogP contribution in [-0.4, -0.2) is 40.8 Å². The van der Waals surface area contributed by atoms with Gasteiger partial charge in [-0.2, -0.15) is 9.49 Å². The molecule has 0 radical (unpaired) electrons. The van der Waals surface area contributed by atoms with E-state index in [1.165, 1.54) is 35.2 Å². The van der Waals surface area contributed by atoms with Gasteiger partial charge in [-0.1, -0.05) is 0 Å². The number of aromatic nitrogens is 6. The summed E-state index contributed by atoms with van der Waals surface area (Å²) in [5.74, 6) is -4.21. The van der Waals surface area contributed by atoms with Crippen molar-refractivity contribution in [1.29, 1.82) is 0 Å². The number of Topliss-reactive ketones (excluding diaryl/α,β-unsaturated/α-hetero) is 1. The molecule has 5 aromatic rings. The number of rotatable bonds is 6. The summed E-state index contributed by atoms with van der Waals surface area (Å²) in [4.78, 5) is 24.9. The molecule has 4 aromatic heterocycles. The number of carbonyl (C=O) groups excluding carboxylic acids is 1. The van der Waals surface area contributed by atoms with Gasteiger partial charge in [0.05, 0.1) is 36.0 Å². The van der Waals surface area contributed by atoms with Gasteiger partial charge in [0.15, 0.2) is 11.4 Å². The number of benzene rings is 1. The number of fused-ring (bicyclic) bond motifs is 1. The third-order valence-electron chi connectivity index (χ3n) is 6.38. The van der Waals surface area contributed by atoms with Gasteiger partial charge in [-0.25, -0.2) is 32.6 Å². The second kappa shape index (κ2) is 8.61. The first-order valence-electron chi connectivity index (χ1n) is 11.5. The van der Waals surface area contributed by atoms with Gasteiger partial charge < -0.3 is 4.57 Å². The zero-order valence-electron chi connectivity index (χ0n) is 19.2. The van der Waals surface area contributed by atoms with Crippen LogP contribution in [0.5, 0.6) is 0 Å². The number of alkyl halides is 2. The van der Waals surface area contributed by atoms with Gasteiger partial charge in [0.1, 0.15) is 11.5 Å². The van der Waals surface area contributed by atoms with Crippen molar-refractivity contribution in [3.63, 3.8) is 0 Å². The fourth-order valence-electron chi connectivity index (χ4n) is 4.52. The molecule has 0 unspecified atom stereocenters. The SMILES string of the molecule is O=C(Cc1cn2nc(-c3c(-c4ccc(F)cc4)ncn3C3CC(F)(F)C3)ccc2n1)c1ccnc(F)c1. The maximum Gasteiger partial charge on any atom is 0.252 e. The zero-order chi connectivity index (χ0) is 25.7. The van der Waals surface area contributed by atoms with Crippen LogP contribution in [0.2, 0.25) is 0 Å². The van der Waals surface area contributed by atoms with Gasteiger partial charge >= 0.3 is 0 Å². The van der Waals surface area contributed by atoms with Crippen molar-refractivity contribution >= 4 is 11.4 Å². The van der Waals surface area contributed by atoms with E-state index in [0.717, 1.165) is 6.07 Å². The van der Waals surface area contributed by atoms with Crippen LogP contribution in [0.15, 0.2) is 67.3 Å². The van der Waals surface area contributed by atoms with E-state index < -0.39 is 23.7 Å². The lowest BCUT2D eigenvalue weighted by Gasteiger charge is -2.36. The van der Waals surface area contributed by atoms with Crippen molar-refractivity contribution in [2.45, 2.75) is 31.2 Å². The summed E-state index contributed by atoms with van der Waals surface area (Å²) < 4.78 is 57.5. The molecule has 11 heteroatoms. The second-order valence-electron chi connectivity index (χ2n) is 8.99. The summed E-state index contributed by atoms with van der Waals surface area (Å²) in [5.41, 5.74) is 3.15. The molecule has 1 fully saturated rings. The van der Waals surface area contributed by atoms with Crippen LogP contribution in [0.3, 0.4) is 0 Å². The Balaban J connectivity index is 1.37. The minimum atomic E-state index is -2.73. The van der Waals surface area contributed by atoms with Crippen molar-refractivity contribution in [1.82, 2.24) is 29.1 Å². The second-order valence-corrected chi connectivity index (χ2v) is 8.99. The molecule has 1 aliphatic carbocycles. The number of hydrogen-bond acceptors (Lipinski definition) is 5. The molecule has 0 spiro atoms. The van der Waals surface area contributed by atoms with Crippen LogP contribution < -0.4 is 0 Å². The third-order valence-corrected chi connectivity index (χ3v) is 6.38. The van der Waals surface area contributed by atoms with E-state index in [9.17, 15) is 22.4 Å². The summed E-state index contributed by atoms with van der Waals surface area (Å²) in [7, 11) is 0. The molecular weight excluding hydrogens is 488 g/mol. The molecule has 186 valence electrons. The molecular formula is C26H18F4N6O. The molecule has 37 heavy (non-hydrogen) atoms. The Kier molecular flexibility index (Phi) is 5.36. The Hall–Kier alpha value is -4.41. The van der Waals surface area contributed by atoms with E-state index in [-0.39, 0.29) is 30.6 Å². The predicted octanol–water partition coefficient (Wildman–Crippen LogP) is 5.33. The highest BCUT2D eigenvalue weighted by Crippen LogP contribution is 2.47. The first-order chi connectivity index (χ1) is 17.8. The fraction of sp³-hybridized carbons (Fsp3) is 0.192. The number of ketones is 1. The molecule has 0 saturated heterocycles. The van der Waals surface area contributed by atoms with Crippen molar-refractivity contribution in [2.24, 2.45) is 0 Å². The van der Waals surface area contributed by atoms with Crippen molar-refractivity contribution < 1.29 is 22.4 Å². The monoisotopic (exact) mass is 506 g/mol. The summed E-state index contributed by atoms with van der Waals surface area (Å²) in [6, 6.07) is 11.2. The Morgan fingerprint density at radius 2 is 1.81 bits per heavy atom. The summed E-state index contributed by atoms with van der Waals surface area (Å²) in [6.45, 7) is 0. The van der Waals surface area contributed by atoms with Crippen LogP contribution in [0.1, 0.15) is 34.9 Å². The first-order valence-corrected chi connectivity index (χ1v) is 11.5. The number of nitrogens with zero attached hydrogens (tertiary/aromatic N) is 6. The van der Waals surface area contributed by atoms with E-state index in [1.54, 1.807) is 35.0 Å². The Labute approximate surface area is 207 Å².